The van der Waals surface area contributed by atoms with Crippen LogP contribution in [0.3, 0.4) is 0 Å². The van der Waals surface area contributed by atoms with Crippen LogP contribution in [0.25, 0.3) is 0 Å². The van der Waals surface area contributed by atoms with Crippen molar-refractivity contribution in [1.29, 1.82) is 0 Å². The van der Waals surface area contributed by atoms with Gasteiger partial charge in [-0.15, -0.1) is 0 Å². The number of amidine groups is 1. The Hall–Kier alpha value is -2.73. The minimum atomic E-state index is -4.52. The number of rotatable bonds is 5. The van der Waals surface area contributed by atoms with Crippen molar-refractivity contribution in [3.8, 4) is 5.75 Å². The fourth-order valence-corrected chi connectivity index (χ4v) is 7.40. The van der Waals surface area contributed by atoms with Gasteiger partial charge < -0.3 is 15.0 Å². The largest absolute Gasteiger partial charge is 0.497 e. The number of anilines is 2. The Morgan fingerprint density at radius 3 is 2.58 bits per heavy atom. The number of alkyl halides is 3. The molecule has 1 amide bonds. The molecular weight excluding hydrogens is 479 g/mol. The summed E-state index contributed by atoms with van der Waals surface area (Å²) in [6.07, 6.45) is -4.52. The van der Waals surface area contributed by atoms with E-state index in [0.29, 0.717) is 16.6 Å². The zero-order valence-electron chi connectivity index (χ0n) is 17.4. The van der Waals surface area contributed by atoms with Crippen LogP contribution in [0.2, 0.25) is 0 Å². The van der Waals surface area contributed by atoms with Gasteiger partial charge in [0.15, 0.2) is 15.0 Å². The van der Waals surface area contributed by atoms with E-state index >= 15 is 0 Å². The number of benzene rings is 2. The maximum atomic E-state index is 13.0. The minimum Gasteiger partial charge on any atom is -0.497 e. The Morgan fingerprint density at radius 2 is 1.94 bits per heavy atom. The molecule has 0 radical (unpaired) electrons. The SMILES string of the molecule is COc1ccc(N(CC(=O)Nc2cccc(C(F)(F)F)c2)C2=N[C@H]3CS(=O)(=O)C[C@H]3S2)cc1. The Kier molecular flexibility index (Phi) is 6.32. The highest BCUT2D eigenvalue weighted by Crippen LogP contribution is 2.37. The molecule has 2 heterocycles. The molecule has 0 aromatic heterocycles. The highest BCUT2D eigenvalue weighted by Gasteiger charge is 2.44. The number of methoxy groups -OCH3 is 1. The number of fused-ring (bicyclic) bond motifs is 1. The van der Waals surface area contributed by atoms with Gasteiger partial charge in [0.1, 0.15) is 12.3 Å². The highest BCUT2D eigenvalue weighted by atomic mass is 32.2. The van der Waals surface area contributed by atoms with E-state index in [2.05, 4.69) is 10.3 Å². The van der Waals surface area contributed by atoms with E-state index in [0.717, 1.165) is 12.1 Å². The lowest BCUT2D eigenvalue weighted by Crippen LogP contribution is -2.36. The van der Waals surface area contributed by atoms with E-state index in [1.807, 2.05) is 0 Å². The molecule has 2 aromatic carbocycles. The number of ether oxygens (including phenoxy) is 1. The van der Waals surface area contributed by atoms with Crippen molar-refractivity contribution in [1.82, 2.24) is 0 Å². The van der Waals surface area contributed by atoms with Crippen molar-refractivity contribution in [2.75, 3.05) is 35.4 Å². The van der Waals surface area contributed by atoms with Crippen LogP contribution in [0.15, 0.2) is 53.5 Å². The van der Waals surface area contributed by atoms with Crippen molar-refractivity contribution < 1.29 is 31.1 Å². The molecule has 7 nitrogen and oxygen atoms in total. The summed E-state index contributed by atoms with van der Waals surface area (Å²) in [5, 5.41) is 2.76. The highest BCUT2D eigenvalue weighted by molar-refractivity contribution is 8.15. The van der Waals surface area contributed by atoms with Gasteiger partial charge in [0, 0.05) is 16.6 Å². The van der Waals surface area contributed by atoms with Gasteiger partial charge in [-0.05, 0) is 42.5 Å². The Balaban J connectivity index is 1.56. The molecule has 2 aliphatic heterocycles. The molecular formula is C21H20F3N3O4S2. The molecule has 1 N–H and O–H groups in total. The van der Waals surface area contributed by atoms with Gasteiger partial charge in [-0.25, -0.2) is 8.42 Å². The minimum absolute atomic E-state index is 0.0161. The molecule has 1 saturated heterocycles. The number of aliphatic imine (C=N–C) groups is 1. The molecule has 0 saturated carbocycles. The standard InChI is InChI=1S/C21H20F3N3O4S2/c1-31-16-7-5-15(6-8-16)27(20-26-17-11-33(29,30)12-18(17)32-20)10-19(28)25-14-4-2-3-13(9-14)21(22,23)24/h2-9,17-18H,10-12H2,1H3,(H,25,28)/t17-,18+/m0/s1. The zero-order chi connectivity index (χ0) is 23.8. The summed E-state index contributed by atoms with van der Waals surface area (Å²) >= 11 is 1.29. The Bertz CT molecular complexity index is 1180. The number of hydrogen-bond acceptors (Lipinski definition) is 7. The molecule has 0 spiro atoms. The predicted octanol–water partition coefficient (Wildman–Crippen LogP) is 3.43. The second-order valence-electron chi connectivity index (χ2n) is 7.62. The quantitative estimate of drug-likeness (QED) is 0.678. The van der Waals surface area contributed by atoms with E-state index in [1.54, 1.807) is 29.2 Å². The van der Waals surface area contributed by atoms with Crippen LogP contribution >= 0.6 is 11.8 Å². The number of nitrogens with one attached hydrogen (secondary N) is 1. The van der Waals surface area contributed by atoms with E-state index < -0.39 is 27.5 Å². The Labute approximate surface area is 192 Å². The number of thioether (sulfide) groups is 1. The lowest BCUT2D eigenvalue weighted by Gasteiger charge is -2.24. The number of carbonyl (C=O) groups is 1. The summed E-state index contributed by atoms with van der Waals surface area (Å²) in [6.45, 7) is -0.222. The third-order valence-corrected chi connectivity index (χ3v) is 8.44. The molecule has 2 aromatic rings. The van der Waals surface area contributed by atoms with Gasteiger partial charge in [-0.1, -0.05) is 17.8 Å². The lowest BCUT2D eigenvalue weighted by atomic mass is 10.2. The molecule has 176 valence electrons. The van der Waals surface area contributed by atoms with E-state index in [-0.39, 0.29) is 35.0 Å². The topological polar surface area (TPSA) is 88.1 Å². The molecule has 0 bridgehead atoms. The van der Waals surface area contributed by atoms with E-state index in [1.165, 1.54) is 31.0 Å². The van der Waals surface area contributed by atoms with Gasteiger partial charge >= 0.3 is 6.18 Å². The van der Waals surface area contributed by atoms with Crippen molar-refractivity contribution in [3.05, 3.63) is 54.1 Å². The molecule has 0 unspecified atom stereocenters. The van der Waals surface area contributed by atoms with Gasteiger partial charge in [0.05, 0.1) is 30.2 Å². The number of amides is 1. The van der Waals surface area contributed by atoms with E-state index in [9.17, 15) is 26.4 Å². The maximum absolute atomic E-state index is 13.0. The molecule has 2 atom stereocenters. The third-order valence-electron chi connectivity index (χ3n) is 5.20. The van der Waals surface area contributed by atoms with E-state index in [4.69, 9.17) is 4.74 Å². The smallest absolute Gasteiger partial charge is 0.416 e. The lowest BCUT2D eigenvalue weighted by molar-refractivity contribution is -0.137. The third kappa shape index (κ3) is 5.44. The van der Waals surface area contributed by atoms with Gasteiger partial charge in [-0.3, -0.25) is 9.79 Å². The van der Waals surface area contributed by atoms with Gasteiger partial charge in [-0.2, -0.15) is 13.2 Å². The predicted molar refractivity (Wildman–Crippen MR) is 122 cm³/mol. The molecule has 2 aliphatic rings. The monoisotopic (exact) mass is 499 g/mol. The fraction of sp³-hybridized carbons (Fsp3) is 0.333. The van der Waals surface area contributed by atoms with Crippen molar-refractivity contribution in [2.24, 2.45) is 4.99 Å². The first kappa shape index (κ1) is 23.4. The summed E-state index contributed by atoms with van der Waals surface area (Å²) in [5.41, 5.74) is -0.227. The van der Waals surface area contributed by atoms with Crippen LogP contribution in [-0.2, 0) is 20.8 Å². The molecule has 4 rings (SSSR count). The molecule has 1 fully saturated rings. The van der Waals surface area contributed by atoms with Crippen molar-refractivity contribution in [3.63, 3.8) is 0 Å². The average molecular weight is 500 g/mol. The normalized spacial score (nSPS) is 21.3. The second-order valence-corrected chi connectivity index (χ2v) is 11.0. The number of halogens is 3. The first-order valence-corrected chi connectivity index (χ1v) is 12.6. The van der Waals surface area contributed by atoms with Crippen molar-refractivity contribution in [2.45, 2.75) is 17.5 Å². The van der Waals surface area contributed by atoms with Crippen molar-refractivity contribution >= 4 is 44.0 Å². The van der Waals surface area contributed by atoms with Crippen LogP contribution < -0.4 is 15.0 Å². The first-order valence-electron chi connectivity index (χ1n) is 9.88. The average Bonchev–Trinajstić information content (AvgIpc) is 3.25. The summed E-state index contributed by atoms with van der Waals surface area (Å²) in [5.74, 6) is 0.0396. The maximum Gasteiger partial charge on any atom is 0.416 e. The van der Waals surface area contributed by atoms with Crippen LogP contribution in [0, 0.1) is 0 Å². The van der Waals surface area contributed by atoms with Crippen LogP contribution in [0.5, 0.6) is 5.75 Å². The molecule has 0 aliphatic carbocycles. The molecule has 12 heteroatoms. The number of hydrogen-bond donors (Lipinski definition) is 1. The number of carbonyl (C=O) groups excluding carboxylic acids is 1. The second kappa shape index (κ2) is 8.90. The summed E-state index contributed by atoms with van der Waals surface area (Å²) in [7, 11) is -1.62. The number of nitrogens with zero attached hydrogens (tertiary/aromatic N) is 2. The van der Waals surface area contributed by atoms with Gasteiger partial charge in [0.2, 0.25) is 5.91 Å². The fourth-order valence-electron chi connectivity index (χ4n) is 3.62. The summed E-state index contributed by atoms with van der Waals surface area (Å²) in [4.78, 5) is 18.9. The number of sulfone groups is 1. The first-order chi connectivity index (χ1) is 15.5. The van der Waals surface area contributed by atoms with Crippen LogP contribution in [0.1, 0.15) is 5.56 Å². The molecule has 33 heavy (non-hydrogen) atoms. The zero-order valence-corrected chi connectivity index (χ0v) is 19.0. The van der Waals surface area contributed by atoms with Crippen LogP contribution in [0.4, 0.5) is 24.5 Å². The summed E-state index contributed by atoms with van der Waals surface area (Å²) in [6, 6.07) is 10.9. The van der Waals surface area contributed by atoms with Crippen LogP contribution in [-0.4, -0.2) is 55.9 Å². The van der Waals surface area contributed by atoms with Gasteiger partial charge in [0.25, 0.3) is 0 Å². The summed E-state index contributed by atoms with van der Waals surface area (Å²) < 4.78 is 67.9. The Morgan fingerprint density at radius 1 is 1.21 bits per heavy atom.